The second kappa shape index (κ2) is 5.87. The molecule has 1 aliphatic carbocycles. The Morgan fingerprint density at radius 2 is 1.88 bits per heavy atom. The molecule has 0 heterocycles. The average molecular weight is 317 g/mol. The summed E-state index contributed by atoms with van der Waals surface area (Å²) in [6.07, 6.45) is 4.61. The summed E-state index contributed by atoms with van der Waals surface area (Å²) in [5.74, 6) is -0.0157. The minimum atomic E-state index is -0.0157. The molecule has 1 saturated carbocycles. The van der Waals surface area contributed by atoms with E-state index in [2.05, 4.69) is 21.2 Å². The third-order valence-corrected chi connectivity index (χ3v) is 4.45. The summed E-state index contributed by atoms with van der Waals surface area (Å²) in [4.78, 5) is 12.4. The lowest BCUT2D eigenvalue weighted by Crippen LogP contribution is -2.42. The van der Waals surface area contributed by atoms with Crippen LogP contribution in [0.2, 0.25) is 5.02 Å². The number of halogens is 2. The molecule has 0 saturated heterocycles. The number of rotatable bonds is 2. The number of benzene rings is 1. The largest absolute Gasteiger partial charge is 0.348 e. The summed E-state index contributed by atoms with van der Waals surface area (Å²) < 4.78 is 0. The van der Waals surface area contributed by atoms with Crippen molar-refractivity contribution in [3.8, 4) is 0 Å². The maximum absolute atomic E-state index is 12.0. The third-order valence-electron chi connectivity index (χ3n) is 3.10. The number of carbonyl (C=O) groups excluding carboxylic acids is 1. The molecular weight excluding hydrogens is 302 g/mol. The minimum Gasteiger partial charge on any atom is -0.348 e. The van der Waals surface area contributed by atoms with Crippen molar-refractivity contribution >= 4 is 33.4 Å². The summed E-state index contributed by atoms with van der Waals surface area (Å²) in [6.45, 7) is 0. The molecule has 2 unspecified atom stereocenters. The van der Waals surface area contributed by atoms with E-state index in [-0.39, 0.29) is 11.9 Å². The van der Waals surface area contributed by atoms with Crippen LogP contribution in [0.1, 0.15) is 36.0 Å². The first-order chi connectivity index (χ1) is 8.16. The van der Waals surface area contributed by atoms with Gasteiger partial charge in [-0.3, -0.25) is 4.79 Å². The third kappa shape index (κ3) is 3.46. The van der Waals surface area contributed by atoms with Gasteiger partial charge in [0, 0.05) is 21.5 Å². The van der Waals surface area contributed by atoms with Crippen LogP contribution in [0, 0.1) is 0 Å². The molecule has 92 valence electrons. The second-order valence-electron chi connectivity index (χ2n) is 4.39. The van der Waals surface area contributed by atoms with Gasteiger partial charge in [0.25, 0.3) is 5.91 Å². The Bertz CT molecular complexity index is 393. The highest BCUT2D eigenvalue weighted by molar-refractivity contribution is 9.09. The quantitative estimate of drug-likeness (QED) is 0.827. The van der Waals surface area contributed by atoms with Gasteiger partial charge in [-0.05, 0) is 37.1 Å². The highest BCUT2D eigenvalue weighted by atomic mass is 79.9. The SMILES string of the molecule is O=C(NC1CCCCC1Br)c1ccc(Cl)cc1. The van der Waals surface area contributed by atoms with E-state index in [0.29, 0.717) is 15.4 Å². The van der Waals surface area contributed by atoms with Gasteiger partial charge < -0.3 is 5.32 Å². The van der Waals surface area contributed by atoms with E-state index in [0.717, 1.165) is 12.8 Å². The van der Waals surface area contributed by atoms with Crippen molar-refractivity contribution in [1.29, 1.82) is 0 Å². The smallest absolute Gasteiger partial charge is 0.251 e. The summed E-state index contributed by atoms with van der Waals surface area (Å²) in [5.41, 5.74) is 0.666. The van der Waals surface area contributed by atoms with Crippen molar-refractivity contribution in [2.45, 2.75) is 36.6 Å². The number of nitrogens with one attached hydrogen (secondary N) is 1. The van der Waals surface area contributed by atoms with Gasteiger partial charge in [-0.15, -0.1) is 0 Å². The van der Waals surface area contributed by atoms with E-state index in [1.807, 2.05) is 0 Å². The van der Waals surface area contributed by atoms with Crippen molar-refractivity contribution in [2.24, 2.45) is 0 Å². The Hall–Kier alpha value is -0.540. The minimum absolute atomic E-state index is 0.0157. The molecule has 0 radical (unpaired) electrons. The first kappa shape index (κ1) is 12.9. The molecule has 0 bridgehead atoms. The molecule has 4 heteroatoms. The molecule has 1 amide bonds. The summed E-state index contributed by atoms with van der Waals surface area (Å²) in [7, 11) is 0. The summed E-state index contributed by atoms with van der Waals surface area (Å²) in [5, 5.41) is 3.73. The molecule has 17 heavy (non-hydrogen) atoms. The van der Waals surface area contributed by atoms with Crippen LogP contribution in [0.3, 0.4) is 0 Å². The Labute approximate surface area is 115 Å². The zero-order valence-corrected chi connectivity index (χ0v) is 11.8. The molecule has 2 nitrogen and oxygen atoms in total. The van der Waals surface area contributed by atoms with Crippen LogP contribution in [-0.4, -0.2) is 16.8 Å². The Morgan fingerprint density at radius 3 is 2.53 bits per heavy atom. The molecule has 1 fully saturated rings. The van der Waals surface area contributed by atoms with Crippen LogP contribution in [0.15, 0.2) is 24.3 Å². The topological polar surface area (TPSA) is 29.1 Å². The van der Waals surface area contributed by atoms with Crippen molar-refractivity contribution in [2.75, 3.05) is 0 Å². The Balaban J connectivity index is 1.98. The predicted octanol–water partition coefficient (Wildman–Crippen LogP) is 3.78. The van der Waals surface area contributed by atoms with Crippen molar-refractivity contribution in [1.82, 2.24) is 5.32 Å². The number of carbonyl (C=O) groups is 1. The zero-order valence-electron chi connectivity index (χ0n) is 9.46. The molecule has 0 aliphatic heterocycles. The lowest BCUT2D eigenvalue weighted by Gasteiger charge is -2.28. The van der Waals surface area contributed by atoms with Crippen LogP contribution >= 0.6 is 27.5 Å². The van der Waals surface area contributed by atoms with Gasteiger partial charge in [0.2, 0.25) is 0 Å². The van der Waals surface area contributed by atoms with Crippen molar-refractivity contribution in [3.63, 3.8) is 0 Å². The van der Waals surface area contributed by atoms with E-state index in [1.54, 1.807) is 24.3 Å². The monoisotopic (exact) mass is 315 g/mol. The molecule has 1 N–H and O–H groups in total. The van der Waals surface area contributed by atoms with Gasteiger partial charge in [0.15, 0.2) is 0 Å². The van der Waals surface area contributed by atoms with E-state index in [4.69, 9.17) is 11.6 Å². The lowest BCUT2D eigenvalue weighted by atomic mass is 9.95. The average Bonchev–Trinajstić information content (AvgIpc) is 2.33. The molecule has 1 aliphatic rings. The summed E-state index contributed by atoms with van der Waals surface area (Å²) >= 11 is 9.42. The molecule has 2 rings (SSSR count). The van der Waals surface area contributed by atoms with Gasteiger partial charge in [0.1, 0.15) is 0 Å². The normalized spacial score (nSPS) is 24.4. The fourth-order valence-corrected chi connectivity index (χ4v) is 2.95. The number of hydrogen-bond donors (Lipinski definition) is 1. The highest BCUT2D eigenvalue weighted by Crippen LogP contribution is 2.24. The number of hydrogen-bond acceptors (Lipinski definition) is 1. The molecule has 2 atom stereocenters. The van der Waals surface area contributed by atoms with E-state index in [9.17, 15) is 4.79 Å². The fraction of sp³-hybridized carbons (Fsp3) is 0.462. The molecule has 1 aromatic carbocycles. The van der Waals surface area contributed by atoms with Gasteiger partial charge in [0.05, 0.1) is 0 Å². The van der Waals surface area contributed by atoms with Crippen LogP contribution in [0.5, 0.6) is 0 Å². The van der Waals surface area contributed by atoms with E-state index < -0.39 is 0 Å². The van der Waals surface area contributed by atoms with Crippen LogP contribution in [0.4, 0.5) is 0 Å². The van der Waals surface area contributed by atoms with Gasteiger partial charge in [-0.25, -0.2) is 0 Å². The molecule has 1 aromatic rings. The standard InChI is InChI=1S/C13H15BrClNO/c14-11-3-1-2-4-12(11)16-13(17)9-5-7-10(15)8-6-9/h5-8,11-12H,1-4H2,(H,16,17). The first-order valence-corrected chi connectivity index (χ1v) is 7.16. The summed E-state index contributed by atoms with van der Waals surface area (Å²) in [6, 6.07) is 7.23. The van der Waals surface area contributed by atoms with E-state index >= 15 is 0 Å². The van der Waals surface area contributed by atoms with E-state index in [1.165, 1.54) is 12.8 Å². The van der Waals surface area contributed by atoms with Crippen LogP contribution in [0.25, 0.3) is 0 Å². The van der Waals surface area contributed by atoms with Crippen molar-refractivity contribution < 1.29 is 4.79 Å². The van der Waals surface area contributed by atoms with Crippen LogP contribution in [-0.2, 0) is 0 Å². The van der Waals surface area contributed by atoms with Gasteiger partial charge >= 0.3 is 0 Å². The highest BCUT2D eigenvalue weighted by Gasteiger charge is 2.24. The van der Waals surface area contributed by atoms with Gasteiger partial charge in [-0.2, -0.15) is 0 Å². The zero-order chi connectivity index (χ0) is 12.3. The second-order valence-corrected chi connectivity index (χ2v) is 6.00. The number of alkyl halides is 1. The van der Waals surface area contributed by atoms with Crippen molar-refractivity contribution in [3.05, 3.63) is 34.9 Å². The fourth-order valence-electron chi connectivity index (χ4n) is 2.10. The Morgan fingerprint density at radius 1 is 1.24 bits per heavy atom. The molecule has 0 aromatic heterocycles. The van der Waals surface area contributed by atoms with Crippen LogP contribution < -0.4 is 5.32 Å². The maximum atomic E-state index is 12.0. The Kier molecular flexibility index (Phi) is 4.46. The first-order valence-electron chi connectivity index (χ1n) is 5.87. The predicted molar refractivity (Wildman–Crippen MR) is 73.9 cm³/mol. The molecule has 0 spiro atoms. The lowest BCUT2D eigenvalue weighted by molar-refractivity contribution is 0.0930. The molecular formula is C13H15BrClNO. The number of amides is 1. The van der Waals surface area contributed by atoms with Gasteiger partial charge in [-0.1, -0.05) is 40.4 Å². The maximum Gasteiger partial charge on any atom is 0.251 e.